The molecule has 0 unspecified atom stereocenters. The second-order valence-corrected chi connectivity index (χ2v) is 7.07. The van der Waals surface area contributed by atoms with Crippen molar-refractivity contribution in [2.24, 2.45) is 0 Å². The molecule has 0 atom stereocenters. The zero-order chi connectivity index (χ0) is 17.3. The molecular formula is C24H17N. The number of nitriles is 1. The number of benzene rings is 5. The molecule has 0 radical (unpaired) electrons. The first-order valence-electron chi connectivity index (χ1n) is 8.62. The van der Waals surface area contributed by atoms with Crippen molar-refractivity contribution in [2.75, 3.05) is 0 Å². The van der Waals surface area contributed by atoms with Gasteiger partial charge in [0.1, 0.15) is 0 Å². The first-order valence-corrected chi connectivity index (χ1v) is 8.62. The van der Waals surface area contributed by atoms with E-state index in [-0.39, 0.29) is 0 Å². The van der Waals surface area contributed by atoms with Crippen LogP contribution in [0.15, 0.2) is 48.5 Å². The molecular weight excluding hydrogens is 302 g/mol. The zero-order valence-corrected chi connectivity index (χ0v) is 14.6. The standard InChI is InChI=1S/C24H17N/c1-13-5-10-18-21-15(3)4-7-16-8-9-17(12-25)22(23(16)21)19-11-6-14(2)20(13)24(18)19/h4-11H,1-3H3. The molecule has 118 valence electrons. The van der Waals surface area contributed by atoms with Crippen molar-refractivity contribution in [1.82, 2.24) is 0 Å². The molecule has 0 amide bonds. The quantitative estimate of drug-likeness (QED) is 0.235. The van der Waals surface area contributed by atoms with Gasteiger partial charge in [0.2, 0.25) is 0 Å². The molecule has 1 heteroatoms. The van der Waals surface area contributed by atoms with Crippen LogP contribution in [0.2, 0.25) is 0 Å². The van der Waals surface area contributed by atoms with E-state index in [9.17, 15) is 5.26 Å². The molecule has 0 heterocycles. The van der Waals surface area contributed by atoms with Gasteiger partial charge >= 0.3 is 0 Å². The van der Waals surface area contributed by atoms with Crippen LogP contribution in [-0.4, -0.2) is 0 Å². The summed E-state index contributed by atoms with van der Waals surface area (Å²) in [5.74, 6) is 0. The Balaban J connectivity index is 2.32. The Hall–Kier alpha value is -3.11. The Morgan fingerprint density at radius 2 is 1.12 bits per heavy atom. The summed E-state index contributed by atoms with van der Waals surface area (Å²) >= 11 is 0. The maximum absolute atomic E-state index is 9.76. The Kier molecular flexibility index (Phi) is 2.68. The summed E-state index contributed by atoms with van der Waals surface area (Å²) in [5.41, 5.74) is 4.61. The number of hydrogen-bond acceptors (Lipinski definition) is 1. The average Bonchev–Trinajstić information content (AvgIpc) is 2.62. The van der Waals surface area contributed by atoms with Crippen LogP contribution < -0.4 is 0 Å². The van der Waals surface area contributed by atoms with Gasteiger partial charge in [-0.3, -0.25) is 0 Å². The van der Waals surface area contributed by atoms with Crippen molar-refractivity contribution in [3.8, 4) is 6.07 Å². The van der Waals surface area contributed by atoms with Crippen molar-refractivity contribution < 1.29 is 0 Å². The molecule has 5 rings (SSSR count). The molecule has 0 bridgehead atoms. The van der Waals surface area contributed by atoms with E-state index in [4.69, 9.17) is 0 Å². The van der Waals surface area contributed by atoms with E-state index in [1.54, 1.807) is 0 Å². The number of hydrogen-bond donors (Lipinski definition) is 0. The predicted molar refractivity (Wildman–Crippen MR) is 107 cm³/mol. The van der Waals surface area contributed by atoms with Crippen molar-refractivity contribution >= 4 is 43.1 Å². The van der Waals surface area contributed by atoms with Crippen LogP contribution in [0.25, 0.3) is 43.1 Å². The highest BCUT2D eigenvalue weighted by Gasteiger charge is 2.18. The summed E-state index contributed by atoms with van der Waals surface area (Å²) in [5, 5.41) is 19.7. The number of aryl methyl sites for hydroxylation is 3. The lowest BCUT2D eigenvalue weighted by molar-refractivity contribution is 1.47. The van der Waals surface area contributed by atoms with E-state index in [0.29, 0.717) is 0 Å². The summed E-state index contributed by atoms with van der Waals surface area (Å²) < 4.78 is 0. The highest BCUT2D eigenvalue weighted by atomic mass is 14.3. The summed E-state index contributed by atoms with van der Waals surface area (Å²) in [7, 11) is 0. The summed E-state index contributed by atoms with van der Waals surface area (Å²) in [6.07, 6.45) is 0. The second-order valence-electron chi connectivity index (χ2n) is 7.07. The molecule has 25 heavy (non-hydrogen) atoms. The van der Waals surface area contributed by atoms with E-state index in [1.807, 2.05) is 6.07 Å². The largest absolute Gasteiger partial charge is 0.192 e. The maximum atomic E-state index is 9.76. The minimum absolute atomic E-state index is 0.761. The molecule has 0 aromatic heterocycles. The first-order chi connectivity index (χ1) is 12.1. The fourth-order valence-electron chi connectivity index (χ4n) is 4.53. The third kappa shape index (κ3) is 1.67. The van der Waals surface area contributed by atoms with Gasteiger partial charge in [0.05, 0.1) is 11.6 Å². The summed E-state index contributed by atoms with van der Waals surface area (Å²) in [6, 6.07) is 19.7. The Morgan fingerprint density at radius 3 is 1.80 bits per heavy atom. The topological polar surface area (TPSA) is 23.8 Å². The fourth-order valence-corrected chi connectivity index (χ4v) is 4.53. The van der Waals surface area contributed by atoms with Crippen LogP contribution in [-0.2, 0) is 0 Å². The third-order valence-corrected chi connectivity index (χ3v) is 5.63. The highest BCUT2D eigenvalue weighted by Crippen LogP contribution is 2.44. The lowest BCUT2D eigenvalue weighted by Gasteiger charge is -2.18. The number of nitrogens with zero attached hydrogens (tertiary/aromatic N) is 1. The minimum atomic E-state index is 0.761. The average molecular weight is 319 g/mol. The van der Waals surface area contributed by atoms with Gasteiger partial charge in [0, 0.05) is 5.39 Å². The second kappa shape index (κ2) is 4.71. The van der Waals surface area contributed by atoms with Gasteiger partial charge in [-0.15, -0.1) is 0 Å². The van der Waals surface area contributed by atoms with Crippen LogP contribution in [0.3, 0.4) is 0 Å². The third-order valence-electron chi connectivity index (χ3n) is 5.63. The van der Waals surface area contributed by atoms with Crippen molar-refractivity contribution in [2.45, 2.75) is 20.8 Å². The summed E-state index contributed by atoms with van der Waals surface area (Å²) in [4.78, 5) is 0. The van der Waals surface area contributed by atoms with Crippen LogP contribution in [0.5, 0.6) is 0 Å². The van der Waals surface area contributed by atoms with Gasteiger partial charge in [-0.25, -0.2) is 0 Å². The first kappa shape index (κ1) is 14.3. The summed E-state index contributed by atoms with van der Waals surface area (Å²) in [6.45, 7) is 6.52. The van der Waals surface area contributed by atoms with Gasteiger partial charge in [-0.2, -0.15) is 5.26 Å². The molecule has 0 spiro atoms. The lowest BCUT2D eigenvalue weighted by atomic mass is 9.84. The molecule has 5 aromatic carbocycles. The van der Waals surface area contributed by atoms with Crippen LogP contribution in [0, 0.1) is 32.1 Å². The minimum Gasteiger partial charge on any atom is -0.192 e. The van der Waals surface area contributed by atoms with E-state index in [0.717, 1.165) is 10.9 Å². The normalized spacial score (nSPS) is 11.8. The molecule has 0 N–H and O–H groups in total. The van der Waals surface area contributed by atoms with Crippen LogP contribution >= 0.6 is 0 Å². The smallest absolute Gasteiger partial charge is 0.0998 e. The zero-order valence-electron chi connectivity index (χ0n) is 14.6. The van der Waals surface area contributed by atoms with Gasteiger partial charge < -0.3 is 0 Å². The molecule has 5 aromatic rings. The Labute approximate surface area is 146 Å². The van der Waals surface area contributed by atoms with Crippen molar-refractivity contribution in [3.05, 3.63) is 70.8 Å². The SMILES string of the molecule is Cc1ccc2c3c(C)ccc4ccc(C#N)c(c5ccc(C)c1c25)c43. The molecule has 0 saturated carbocycles. The molecule has 0 fully saturated rings. The van der Waals surface area contributed by atoms with Crippen molar-refractivity contribution in [3.63, 3.8) is 0 Å². The monoisotopic (exact) mass is 319 g/mol. The number of rotatable bonds is 0. The highest BCUT2D eigenvalue weighted by molar-refractivity contribution is 6.35. The van der Waals surface area contributed by atoms with Crippen molar-refractivity contribution in [1.29, 1.82) is 5.26 Å². The molecule has 0 aliphatic carbocycles. The Bertz CT molecular complexity index is 1360. The fraction of sp³-hybridized carbons (Fsp3) is 0.125. The van der Waals surface area contributed by atoms with E-state index >= 15 is 0 Å². The van der Waals surface area contributed by atoms with Gasteiger partial charge in [-0.05, 0) is 81.2 Å². The van der Waals surface area contributed by atoms with Gasteiger partial charge in [0.15, 0.2) is 0 Å². The Morgan fingerprint density at radius 1 is 0.560 bits per heavy atom. The van der Waals surface area contributed by atoms with E-state index in [2.05, 4.69) is 69.3 Å². The van der Waals surface area contributed by atoms with Crippen LogP contribution in [0.4, 0.5) is 0 Å². The van der Waals surface area contributed by atoms with Crippen LogP contribution in [0.1, 0.15) is 22.3 Å². The van der Waals surface area contributed by atoms with E-state index in [1.165, 1.54) is 54.4 Å². The van der Waals surface area contributed by atoms with E-state index < -0.39 is 0 Å². The molecule has 1 nitrogen and oxygen atoms in total. The maximum Gasteiger partial charge on any atom is 0.0998 e. The molecule has 0 aliphatic rings. The number of fused-ring (bicyclic) bond motifs is 2. The molecule has 0 saturated heterocycles. The predicted octanol–water partition coefficient (Wildman–Crippen LogP) is 6.53. The van der Waals surface area contributed by atoms with Gasteiger partial charge in [-0.1, -0.05) is 42.5 Å². The lowest BCUT2D eigenvalue weighted by Crippen LogP contribution is -1.93. The van der Waals surface area contributed by atoms with Gasteiger partial charge in [0.25, 0.3) is 0 Å². The molecule has 0 aliphatic heterocycles.